The number of aromatic nitrogens is 2. The quantitative estimate of drug-likeness (QED) is 0.558. The maximum absolute atomic E-state index is 14.0. The van der Waals surface area contributed by atoms with Crippen LogP contribution in [0, 0.1) is 11.6 Å². The van der Waals surface area contributed by atoms with Gasteiger partial charge < -0.3 is 14.8 Å². The molecule has 0 spiro atoms. The molecule has 1 aliphatic rings. The molecule has 1 saturated heterocycles. The van der Waals surface area contributed by atoms with E-state index in [-0.39, 0.29) is 5.56 Å². The van der Waals surface area contributed by atoms with Gasteiger partial charge in [-0.25, -0.2) is 8.78 Å². The van der Waals surface area contributed by atoms with Crippen molar-refractivity contribution in [1.29, 1.82) is 0 Å². The number of carbonyl (C=O) groups excluding carboxylic acids is 1. The SMILES string of the molecule is Cn1ncc(Cl)c1-c1cc(NC(=O)c2ccc(F)cc2F)ccc1OCCN1CCOCC1. The van der Waals surface area contributed by atoms with E-state index in [1.807, 2.05) is 0 Å². The van der Waals surface area contributed by atoms with Crippen LogP contribution in [0.3, 0.4) is 0 Å². The summed E-state index contributed by atoms with van der Waals surface area (Å²) in [5.74, 6) is -1.82. The number of amides is 1. The monoisotopic (exact) mass is 476 g/mol. The second-order valence-corrected chi connectivity index (χ2v) is 7.96. The normalized spacial score (nSPS) is 14.3. The van der Waals surface area contributed by atoms with Gasteiger partial charge in [-0.1, -0.05) is 11.6 Å². The predicted octanol–water partition coefficient (Wildman–Crippen LogP) is 3.98. The Morgan fingerprint density at radius 3 is 2.70 bits per heavy atom. The molecule has 1 amide bonds. The van der Waals surface area contributed by atoms with Crippen molar-refractivity contribution in [3.8, 4) is 17.0 Å². The Hall–Kier alpha value is -3.01. The van der Waals surface area contributed by atoms with Crippen LogP contribution in [0.1, 0.15) is 10.4 Å². The van der Waals surface area contributed by atoms with Gasteiger partial charge in [0.25, 0.3) is 5.91 Å². The average Bonchev–Trinajstić information content (AvgIpc) is 3.13. The second kappa shape index (κ2) is 10.3. The van der Waals surface area contributed by atoms with Gasteiger partial charge in [-0.05, 0) is 30.3 Å². The summed E-state index contributed by atoms with van der Waals surface area (Å²) in [6.07, 6.45) is 1.52. The van der Waals surface area contributed by atoms with Crippen molar-refractivity contribution < 1.29 is 23.0 Å². The minimum absolute atomic E-state index is 0.262. The predicted molar refractivity (Wildman–Crippen MR) is 121 cm³/mol. The highest BCUT2D eigenvalue weighted by atomic mass is 35.5. The van der Waals surface area contributed by atoms with Crippen LogP contribution in [0.2, 0.25) is 5.02 Å². The molecule has 4 rings (SSSR count). The number of nitrogens with one attached hydrogen (secondary N) is 1. The topological polar surface area (TPSA) is 68.6 Å². The molecule has 174 valence electrons. The zero-order valence-corrected chi connectivity index (χ0v) is 18.7. The average molecular weight is 477 g/mol. The van der Waals surface area contributed by atoms with E-state index in [0.717, 1.165) is 31.8 Å². The molecule has 1 fully saturated rings. The third kappa shape index (κ3) is 5.50. The molecule has 2 aromatic carbocycles. The molecule has 0 unspecified atom stereocenters. The molecule has 2 heterocycles. The van der Waals surface area contributed by atoms with Gasteiger partial charge in [0.15, 0.2) is 0 Å². The molecular formula is C23H23ClF2N4O3. The summed E-state index contributed by atoms with van der Waals surface area (Å²) in [4.78, 5) is 14.8. The third-order valence-electron chi connectivity index (χ3n) is 5.33. The van der Waals surface area contributed by atoms with Crippen LogP contribution in [-0.2, 0) is 11.8 Å². The Morgan fingerprint density at radius 1 is 1.21 bits per heavy atom. The van der Waals surface area contributed by atoms with Gasteiger partial charge in [-0.3, -0.25) is 14.4 Å². The Bertz CT molecular complexity index is 1130. The summed E-state index contributed by atoms with van der Waals surface area (Å²) in [6, 6.07) is 7.85. The van der Waals surface area contributed by atoms with Gasteiger partial charge >= 0.3 is 0 Å². The first-order chi connectivity index (χ1) is 15.9. The van der Waals surface area contributed by atoms with Crippen molar-refractivity contribution >= 4 is 23.2 Å². The highest BCUT2D eigenvalue weighted by molar-refractivity contribution is 6.33. The largest absolute Gasteiger partial charge is 0.492 e. The number of aryl methyl sites for hydroxylation is 1. The van der Waals surface area contributed by atoms with Crippen molar-refractivity contribution in [2.45, 2.75) is 0 Å². The summed E-state index contributed by atoms with van der Waals surface area (Å²) < 4.78 is 40.2. The summed E-state index contributed by atoms with van der Waals surface area (Å²) in [6.45, 7) is 4.32. The van der Waals surface area contributed by atoms with Gasteiger partial charge in [0.1, 0.15) is 24.0 Å². The first kappa shape index (κ1) is 23.2. The Morgan fingerprint density at radius 2 is 2.00 bits per heavy atom. The van der Waals surface area contributed by atoms with Crippen LogP contribution in [0.4, 0.5) is 14.5 Å². The van der Waals surface area contributed by atoms with Crippen molar-refractivity contribution in [2.75, 3.05) is 44.8 Å². The number of nitrogens with zero attached hydrogens (tertiary/aromatic N) is 3. The third-order valence-corrected chi connectivity index (χ3v) is 5.61. The molecule has 7 nitrogen and oxygen atoms in total. The van der Waals surface area contributed by atoms with E-state index in [1.54, 1.807) is 29.9 Å². The van der Waals surface area contributed by atoms with E-state index in [9.17, 15) is 13.6 Å². The van der Waals surface area contributed by atoms with Gasteiger partial charge in [0.2, 0.25) is 0 Å². The smallest absolute Gasteiger partial charge is 0.258 e. The molecule has 0 radical (unpaired) electrons. The lowest BCUT2D eigenvalue weighted by Crippen LogP contribution is -2.38. The fourth-order valence-electron chi connectivity index (χ4n) is 3.61. The fraction of sp³-hybridized carbons (Fsp3) is 0.304. The Labute approximate surface area is 194 Å². The van der Waals surface area contributed by atoms with Gasteiger partial charge in [-0.2, -0.15) is 5.10 Å². The molecule has 10 heteroatoms. The Balaban J connectivity index is 1.56. The number of hydrogen-bond acceptors (Lipinski definition) is 5. The molecule has 0 bridgehead atoms. The van der Waals surface area contributed by atoms with Crippen molar-refractivity contribution in [3.63, 3.8) is 0 Å². The Kier molecular flexibility index (Phi) is 7.22. The number of anilines is 1. The van der Waals surface area contributed by atoms with Crippen LogP contribution < -0.4 is 10.1 Å². The van der Waals surface area contributed by atoms with Crippen LogP contribution >= 0.6 is 11.6 Å². The van der Waals surface area contributed by atoms with Crippen LogP contribution in [0.25, 0.3) is 11.3 Å². The number of morpholine rings is 1. The molecule has 0 saturated carbocycles. The highest BCUT2D eigenvalue weighted by Gasteiger charge is 2.18. The first-order valence-corrected chi connectivity index (χ1v) is 10.8. The van der Waals surface area contributed by atoms with E-state index in [4.69, 9.17) is 21.1 Å². The molecule has 0 aliphatic carbocycles. The molecule has 1 aromatic heterocycles. The van der Waals surface area contributed by atoms with E-state index in [1.165, 1.54) is 6.20 Å². The molecule has 3 aromatic rings. The number of ether oxygens (including phenoxy) is 2. The summed E-state index contributed by atoms with van der Waals surface area (Å²) in [5, 5.41) is 7.24. The lowest BCUT2D eigenvalue weighted by Gasteiger charge is -2.26. The zero-order valence-electron chi connectivity index (χ0n) is 18.0. The van der Waals surface area contributed by atoms with Crippen molar-refractivity contribution in [2.24, 2.45) is 7.05 Å². The number of carbonyl (C=O) groups is 1. The summed E-state index contributed by atoms with van der Waals surface area (Å²) in [7, 11) is 1.75. The van der Waals surface area contributed by atoms with Gasteiger partial charge in [0, 0.05) is 44.0 Å². The minimum atomic E-state index is -0.939. The van der Waals surface area contributed by atoms with E-state index < -0.39 is 17.5 Å². The van der Waals surface area contributed by atoms with Crippen LogP contribution in [0.15, 0.2) is 42.6 Å². The van der Waals surface area contributed by atoms with Gasteiger partial charge in [0.05, 0.1) is 35.7 Å². The minimum Gasteiger partial charge on any atom is -0.492 e. The van der Waals surface area contributed by atoms with E-state index in [0.29, 0.717) is 53.6 Å². The van der Waals surface area contributed by atoms with E-state index >= 15 is 0 Å². The van der Waals surface area contributed by atoms with Crippen LogP contribution in [0.5, 0.6) is 5.75 Å². The number of rotatable bonds is 7. The van der Waals surface area contributed by atoms with E-state index in [2.05, 4.69) is 15.3 Å². The standard InChI is InChI=1S/C23H23ClF2N4O3/c1-29-22(19(24)14-27-29)18-13-16(28-23(31)17-4-2-15(25)12-20(17)26)3-5-21(18)33-11-8-30-6-9-32-10-7-30/h2-5,12-14H,6-11H2,1H3,(H,28,31). The number of benzene rings is 2. The second-order valence-electron chi connectivity index (χ2n) is 7.56. The first-order valence-electron chi connectivity index (χ1n) is 10.4. The molecular weight excluding hydrogens is 454 g/mol. The maximum Gasteiger partial charge on any atom is 0.258 e. The number of hydrogen-bond donors (Lipinski definition) is 1. The maximum atomic E-state index is 14.0. The molecule has 33 heavy (non-hydrogen) atoms. The van der Waals surface area contributed by atoms with Crippen LogP contribution in [-0.4, -0.2) is 60.0 Å². The number of halogens is 3. The summed E-state index contributed by atoms with van der Waals surface area (Å²) in [5.41, 5.74) is 1.38. The fourth-order valence-corrected chi connectivity index (χ4v) is 3.88. The lowest BCUT2D eigenvalue weighted by molar-refractivity contribution is 0.0323. The molecule has 1 N–H and O–H groups in total. The lowest BCUT2D eigenvalue weighted by atomic mass is 10.1. The summed E-state index contributed by atoms with van der Waals surface area (Å²) >= 11 is 6.36. The van der Waals surface area contributed by atoms with Gasteiger partial charge in [-0.15, -0.1) is 0 Å². The molecule has 0 atom stereocenters. The molecule has 1 aliphatic heterocycles. The zero-order chi connectivity index (χ0) is 23.4. The van der Waals surface area contributed by atoms with Crippen molar-refractivity contribution in [3.05, 3.63) is 64.8 Å². The van der Waals surface area contributed by atoms with Crippen molar-refractivity contribution in [1.82, 2.24) is 14.7 Å². The highest BCUT2D eigenvalue weighted by Crippen LogP contribution is 2.36.